The number of aromatic nitrogens is 1. The summed E-state index contributed by atoms with van der Waals surface area (Å²) in [6.07, 6.45) is 2.77. The Hall–Kier alpha value is -3.34. The van der Waals surface area contributed by atoms with E-state index in [0.29, 0.717) is 5.69 Å². The Morgan fingerprint density at radius 2 is 1.67 bits per heavy atom. The fraction of sp³-hybridized carbons (Fsp3) is 0.0526. The molecule has 1 aromatic heterocycles. The molecule has 1 atom stereocenters. The molecule has 1 aliphatic carbocycles. The monoisotopic (exact) mass is 316 g/mol. The van der Waals surface area contributed by atoms with Crippen LogP contribution in [0.25, 0.3) is 10.8 Å². The second-order valence-corrected chi connectivity index (χ2v) is 5.60. The summed E-state index contributed by atoms with van der Waals surface area (Å²) in [5, 5.41) is 4.54. The molecular weight excluding hydrogens is 304 g/mol. The van der Waals surface area contributed by atoms with Gasteiger partial charge in [0.05, 0.1) is 0 Å². The third-order valence-corrected chi connectivity index (χ3v) is 4.19. The molecule has 5 heteroatoms. The number of pyridine rings is 1. The van der Waals surface area contributed by atoms with E-state index in [1.54, 1.807) is 6.07 Å². The molecule has 116 valence electrons. The number of fused-ring (bicyclic) bond motifs is 2. The standard InChI is InChI=1S/C19H12N2O3/c22-17-13-8-9-20-10-14(13)18(23)16(17)19(24)21-15-7-3-5-11-4-1-2-6-12(11)15/h1-10,16H,(H,21,24). The lowest BCUT2D eigenvalue weighted by atomic mass is 10.0. The normalized spacial score (nSPS) is 16.2. The molecule has 4 rings (SSSR count). The van der Waals surface area contributed by atoms with Crippen molar-refractivity contribution in [3.8, 4) is 0 Å². The van der Waals surface area contributed by atoms with Crippen LogP contribution < -0.4 is 5.32 Å². The lowest BCUT2D eigenvalue weighted by molar-refractivity contribution is -0.117. The summed E-state index contributed by atoms with van der Waals surface area (Å²) >= 11 is 0. The number of carbonyl (C=O) groups is 3. The molecule has 0 aliphatic heterocycles. The molecule has 0 saturated heterocycles. The Kier molecular flexibility index (Phi) is 3.20. The van der Waals surface area contributed by atoms with Crippen molar-refractivity contribution < 1.29 is 14.4 Å². The second kappa shape index (κ2) is 5.38. The first kappa shape index (κ1) is 14.3. The SMILES string of the molecule is O=C(Nc1cccc2ccccc12)C1C(=O)c2ccncc2C1=O. The van der Waals surface area contributed by atoms with Crippen molar-refractivity contribution in [2.24, 2.45) is 5.92 Å². The highest BCUT2D eigenvalue weighted by molar-refractivity contribution is 6.36. The van der Waals surface area contributed by atoms with Gasteiger partial charge in [-0.3, -0.25) is 19.4 Å². The van der Waals surface area contributed by atoms with Crippen molar-refractivity contribution in [1.29, 1.82) is 0 Å². The molecule has 0 radical (unpaired) electrons. The summed E-state index contributed by atoms with van der Waals surface area (Å²) in [6.45, 7) is 0. The van der Waals surface area contributed by atoms with Crippen molar-refractivity contribution in [2.75, 3.05) is 5.32 Å². The smallest absolute Gasteiger partial charge is 0.243 e. The predicted molar refractivity (Wildman–Crippen MR) is 89.0 cm³/mol. The van der Waals surface area contributed by atoms with Crippen LogP contribution in [-0.2, 0) is 4.79 Å². The van der Waals surface area contributed by atoms with Crippen molar-refractivity contribution in [3.05, 3.63) is 72.1 Å². The van der Waals surface area contributed by atoms with Crippen LogP contribution >= 0.6 is 0 Å². The van der Waals surface area contributed by atoms with E-state index in [-0.39, 0.29) is 11.1 Å². The maximum atomic E-state index is 12.6. The Balaban J connectivity index is 1.68. The van der Waals surface area contributed by atoms with E-state index in [4.69, 9.17) is 0 Å². The number of anilines is 1. The van der Waals surface area contributed by atoms with Gasteiger partial charge in [0.2, 0.25) is 5.91 Å². The maximum Gasteiger partial charge on any atom is 0.243 e. The van der Waals surface area contributed by atoms with Gasteiger partial charge in [-0.05, 0) is 17.5 Å². The first-order valence-corrected chi connectivity index (χ1v) is 7.48. The Bertz CT molecular complexity index is 970. The van der Waals surface area contributed by atoms with Crippen LogP contribution in [0.2, 0.25) is 0 Å². The molecule has 1 unspecified atom stereocenters. The van der Waals surface area contributed by atoms with Crippen LogP contribution in [-0.4, -0.2) is 22.5 Å². The summed E-state index contributed by atoms with van der Waals surface area (Å²) < 4.78 is 0. The van der Waals surface area contributed by atoms with Crippen molar-refractivity contribution >= 4 is 33.9 Å². The summed E-state index contributed by atoms with van der Waals surface area (Å²) in [4.78, 5) is 41.2. The summed E-state index contributed by atoms with van der Waals surface area (Å²) in [5.74, 6) is -2.93. The van der Waals surface area contributed by atoms with E-state index in [9.17, 15) is 14.4 Å². The molecule has 0 spiro atoms. The number of Topliss-reactive ketones (excluding diaryl/α,β-unsaturated/α-hetero) is 2. The number of nitrogens with one attached hydrogen (secondary N) is 1. The number of rotatable bonds is 2. The van der Waals surface area contributed by atoms with E-state index in [0.717, 1.165) is 10.8 Å². The lowest BCUT2D eigenvalue weighted by Crippen LogP contribution is -2.31. The van der Waals surface area contributed by atoms with Crippen LogP contribution in [0, 0.1) is 5.92 Å². The van der Waals surface area contributed by atoms with Gasteiger partial charge in [-0.15, -0.1) is 0 Å². The summed E-state index contributed by atoms with van der Waals surface area (Å²) in [5.41, 5.74) is 1.04. The molecule has 3 aromatic rings. The Labute approximate surface area is 137 Å². The molecule has 1 N–H and O–H groups in total. The van der Waals surface area contributed by atoms with Crippen LogP contribution in [0.15, 0.2) is 60.9 Å². The van der Waals surface area contributed by atoms with Gasteiger partial charge >= 0.3 is 0 Å². The van der Waals surface area contributed by atoms with Gasteiger partial charge in [0.25, 0.3) is 0 Å². The number of amides is 1. The fourth-order valence-electron chi connectivity index (χ4n) is 3.01. The highest BCUT2D eigenvalue weighted by Gasteiger charge is 2.43. The second-order valence-electron chi connectivity index (χ2n) is 5.60. The van der Waals surface area contributed by atoms with Gasteiger partial charge in [0, 0.05) is 34.6 Å². The van der Waals surface area contributed by atoms with Crippen molar-refractivity contribution in [3.63, 3.8) is 0 Å². The van der Waals surface area contributed by atoms with Gasteiger partial charge in [-0.2, -0.15) is 0 Å². The zero-order valence-electron chi connectivity index (χ0n) is 12.5. The van der Waals surface area contributed by atoms with E-state index in [1.165, 1.54) is 18.5 Å². The zero-order valence-corrected chi connectivity index (χ0v) is 12.5. The molecule has 0 bridgehead atoms. The fourth-order valence-corrected chi connectivity index (χ4v) is 3.01. The maximum absolute atomic E-state index is 12.6. The topological polar surface area (TPSA) is 76.1 Å². The summed E-state index contributed by atoms with van der Waals surface area (Å²) in [6, 6.07) is 14.5. The van der Waals surface area contributed by atoms with Gasteiger partial charge < -0.3 is 5.32 Å². The van der Waals surface area contributed by atoms with Gasteiger partial charge in [-0.1, -0.05) is 36.4 Å². The number of hydrogen-bond donors (Lipinski definition) is 1. The lowest BCUT2D eigenvalue weighted by Gasteiger charge is -2.11. The van der Waals surface area contributed by atoms with Crippen molar-refractivity contribution in [1.82, 2.24) is 4.98 Å². The third kappa shape index (κ3) is 2.10. The first-order valence-electron chi connectivity index (χ1n) is 7.48. The number of hydrogen-bond acceptors (Lipinski definition) is 4. The minimum Gasteiger partial charge on any atom is -0.324 e. The zero-order chi connectivity index (χ0) is 16.7. The van der Waals surface area contributed by atoms with E-state index in [2.05, 4.69) is 10.3 Å². The van der Waals surface area contributed by atoms with E-state index >= 15 is 0 Å². The quantitative estimate of drug-likeness (QED) is 0.738. The van der Waals surface area contributed by atoms with E-state index < -0.39 is 23.4 Å². The minimum atomic E-state index is -1.34. The average Bonchev–Trinajstić information content (AvgIpc) is 2.87. The average molecular weight is 316 g/mol. The van der Waals surface area contributed by atoms with Crippen LogP contribution in [0.1, 0.15) is 20.7 Å². The van der Waals surface area contributed by atoms with Crippen LogP contribution in [0.3, 0.4) is 0 Å². The molecule has 24 heavy (non-hydrogen) atoms. The van der Waals surface area contributed by atoms with Crippen LogP contribution in [0.4, 0.5) is 5.69 Å². The Morgan fingerprint density at radius 3 is 2.50 bits per heavy atom. The highest BCUT2D eigenvalue weighted by atomic mass is 16.2. The molecule has 5 nitrogen and oxygen atoms in total. The van der Waals surface area contributed by atoms with Gasteiger partial charge in [0.15, 0.2) is 17.5 Å². The minimum absolute atomic E-state index is 0.209. The van der Waals surface area contributed by atoms with E-state index in [1.807, 2.05) is 36.4 Å². The Morgan fingerprint density at radius 1 is 0.917 bits per heavy atom. The largest absolute Gasteiger partial charge is 0.324 e. The number of ketones is 2. The molecular formula is C19H12N2O3. The molecule has 1 heterocycles. The molecule has 0 saturated carbocycles. The molecule has 0 fully saturated rings. The van der Waals surface area contributed by atoms with Crippen molar-refractivity contribution in [2.45, 2.75) is 0 Å². The third-order valence-electron chi connectivity index (χ3n) is 4.19. The van der Waals surface area contributed by atoms with Gasteiger partial charge in [0.1, 0.15) is 0 Å². The van der Waals surface area contributed by atoms with Crippen LogP contribution in [0.5, 0.6) is 0 Å². The number of nitrogens with zero attached hydrogens (tertiary/aromatic N) is 1. The number of carbonyl (C=O) groups excluding carboxylic acids is 3. The van der Waals surface area contributed by atoms with Gasteiger partial charge in [-0.25, -0.2) is 0 Å². The predicted octanol–water partition coefficient (Wildman–Crippen LogP) is 2.87. The number of benzene rings is 2. The molecule has 2 aromatic carbocycles. The first-order chi connectivity index (χ1) is 11.7. The summed E-state index contributed by atoms with van der Waals surface area (Å²) in [7, 11) is 0. The molecule has 1 aliphatic rings. The molecule has 1 amide bonds. The highest BCUT2D eigenvalue weighted by Crippen LogP contribution is 2.28.